The fourth-order valence-corrected chi connectivity index (χ4v) is 4.27. The number of hydrogen-bond acceptors (Lipinski definition) is 6. The van der Waals surface area contributed by atoms with Crippen LogP contribution in [0.3, 0.4) is 0 Å². The third kappa shape index (κ3) is 12.3. The predicted molar refractivity (Wildman–Crippen MR) is 149 cm³/mol. The zero-order valence-electron chi connectivity index (χ0n) is 22.7. The fourth-order valence-electron chi connectivity index (χ4n) is 4.27. The van der Waals surface area contributed by atoms with E-state index >= 15 is 0 Å². The van der Waals surface area contributed by atoms with E-state index in [2.05, 4.69) is 66.3 Å². The molecule has 0 aliphatic carbocycles. The number of benzene rings is 1. The molecule has 1 aliphatic heterocycles. The van der Waals surface area contributed by atoms with Crippen molar-refractivity contribution in [2.24, 2.45) is 11.7 Å². The number of unbranched alkanes of at least 4 members (excludes halogenated alkanes) is 3. The van der Waals surface area contributed by atoms with Crippen LogP contribution in [0, 0.1) is 12.8 Å². The maximum absolute atomic E-state index is 11.6. The number of rotatable bonds is 19. The van der Waals surface area contributed by atoms with Crippen molar-refractivity contribution in [2.45, 2.75) is 71.4 Å². The van der Waals surface area contributed by atoms with E-state index in [4.69, 9.17) is 5.73 Å². The van der Waals surface area contributed by atoms with E-state index in [1.54, 1.807) is 0 Å². The molecule has 37 heavy (non-hydrogen) atoms. The van der Waals surface area contributed by atoms with Crippen molar-refractivity contribution < 1.29 is 14.4 Å². The predicted octanol–water partition coefficient (Wildman–Crippen LogP) is 2.91. The summed E-state index contributed by atoms with van der Waals surface area (Å²) in [5, 5.41) is 13.6. The van der Waals surface area contributed by atoms with Gasteiger partial charge in [0, 0.05) is 56.1 Å². The van der Waals surface area contributed by atoms with Gasteiger partial charge in [-0.3, -0.25) is 14.5 Å². The van der Waals surface area contributed by atoms with Gasteiger partial charge in [-0.05, 0) is 57.2 Å². The Balaban J connectivity index is 1.70. The molecule has 0 spiro atoms. The number of nitrogens with one attached hydrogen (secondary N) is 4. The highest BCUT2D eigenvalue weighted by atomic mass is 16.2. The minimum Gasteiger partial charge on any atom is -0.383 e. The molecule has 1 aliphatic rings. The summed E-state index contributed by atoms with van der Waals surface area (Å²) in [6.45, 7) is 10.2. The highest BCUT2D eigenvalue weighted by Crippen LogP contribution is 2.11. The van der Waals surface area contributed by atoms with Crippen LogP contribution in [0.2, 0.25) is 0 Å². The van der Waals surface area contributed by atoms with E-state index in [1.165, 1.54) is 22.6 Å². The highest BCUT2D eigenvalue weighted by Gasteiger charge is 2.22. The Morgan fingerprint density at radius 3 is 2.22 bits per heavy atom. The first kappa shape index (κ1) is 30.3. The third-order valence-electron chi connectivity index (χ3n) is 6.68. The molecule has 0 saturated carbocycles. The van der Waals surface area contributed by atoms with Gasteiger partial charge in [-0.2, -0.15) is 0 Å². The second-order valence-corrected chi connectivity index (χ2v) is 10.2. The van der Waals surface area contributed by atoms with Gasteiger partial charge in [-0.1, -0.05) is 44.4 Å². The molecule has 1 aromatic rings. The Morgan fingerprint density at radius 2 is 1.57 bits per heavy atom. The van der Waals surface area contributed by atoms with Crippen LogP contribution in [-0.2, 0) is 9.59 Å². The smallest absolute Gasteiger partial charge is 0.312 e. The maximum atomic E-state index is 11.6. The summed E-state index contributed by atoms with van der Waals surface area (Å²) in [5.74, 6) is 0.0836. The Kier molecular flexibility index (Phi) is 13.7. The SMILES string of the molecule is Cc1ccc(NC[C@@H](CCCNC(N)=O)NC[C@H](NCCCCCCN2C(=O)C=CC2=O)C(C)C)cc1. The van der Waals surface area contributed by atoms with Gasteiger partial charge >= 0.3 is 6.03 Å². The van der Waals surface area contributed by atoms with Gasteiger partial charge in [0.2, 0.25) is 0 Å². The van der Waals surface area contributed by atoms with Gasteiger partial charge in [-0.25, -0.2) is 4.79 Å². The first-order valence-corrected chi connectivity index (χ1v) is 13.6. The van der Waals surface area contributed by atoms with E-state index in [9.17, 15) is 14.4 Å². The molecule has 6 N–H and O–H groups in total. The van der Waals surface area contributed by atoms with Crippen molar-refractivity contribution in [1.29, 1.82) is 0 Å². The average molecular weight is 515 g/mol. The number of carbonyl (C=O) groups excluding carboxylic acids is 3. The molecule has 0 unspecified atom stereocenters. The number of urea groups is 1. The number of nitrogens with zero attached hydrogens (tertiary/aromatic N) is 1. The number of anilines is 1. The van der Waals surface area contributed by atoms with Gasteiger partial charge in [0.05, 0.1) is 0 Å². The lowest BCUT2D eigenvalue weighted by Crippen LogP contribution is -2.47. The van der Waals surface area contributed by atoms with Crippen LogP contribution in [-0.4, -0.2) is 67.6 Å². The van der Waals surface area contributed by atoms with E-state index in [1.807, 2.05) is 0 Å². The van der Waals surface area contributed by atoms with Crippen molar-refractivity contribution >= 4 is 23.5 Å². The van der Waals surface area contributed by atoms with Crippen molar-refractivity contribution in [3.8, 4) is 0 Å². The Bertz CT molecular complexity index is 853. The molecule has 9 nitrogen and oxygen atoms in total. The number of primary amides is 1. The van der Waals surface area contributed by atoms with E-state index in [0.29, 0.717) is 25.0 Å². The second-order valence-electron chi connectivity index (χ2n) is 10.2. The molecule has 1 aromatic carbocycles. The van der Waals surface area contributed by atoms with Gasteiger partial charge in [0.1, 0.15) is 0 Å². The summed E-state index contributed by atoms with van der Waals surface area (Å²) in [6, 6.07) is 8.50. The van der Waals surface area contributed by atoms with Crippen LogP contribution in [0.5, 0.6) is 0 Å². The topological polar surface area (TPSA) is 129 Å². The molecule has 0 radical (unpaired) electrons. The van der Waals surface area contributed by atoms with Crippen molar-refractivity contribution in [3.05, 3.63) is 42.0 Å². The number of carbonyl (C=O) groups is 3. The molecular formula is C28H46N6O3. The summed E-state index contributed by atoms with van der Waals surface area (Å²) < 4.78 is 0. The molecule has 0 fully saturated rings. The normalized spacial score (nSPS) is 14.9. The van der Waals surface area contributed by atoms with E-state index in [0.717, 1.165) is 63.8 Å². The summed E-state index contributed by atoms with van der Waals surface area (Å²) in [7, 11) is 0. The monoisotopic (exact) mass is 514 g/mol. The van der Waals surface area contributed by atoms with Crippen LogP contribution in [0.15, 0.2) is 36.4 Å². The van der Waals surface area contributed by atoms with Crippen LogP contribution in [0.1, 0.15) is 57.9 Å². The van der Waals surface area contributed by atoms with Crippen molar-refractivity contribution in [1.82, 2.24) is 20.9 Å². The number of hydrogen-bond donors (Lipinski definition) is 5. The number of nitrogens with two attached hydrogens (primary N) is 1. The van der Waals surface area contributed by atoms with E-state index in [-0.39, 0.29) is 17.9 Å². The van der Waals surface area contributed by atoms with Crippen LogP contribution < -0.4 is 27.0 Å². The Labute approximate surface area is 222 Å². The molecule has 0 saturated heterocycles. The molecular weight excluding hydrogens is 468 g/mol. The molecule has 0 bridgehead atoms. The second kappa shape index (κ2) is 16.8. The molecule has 0 aromatic heterocycles. The minimum atomic E-state index is -0.485. The number of amides is 4. The largest absolute Gasteiger partial charge is 0.383 e. The quantitative estimate of drug-likeness (QED) is 0.143. The standard InChI is InChI=1S/C28H46N6O3/c1-21(2)25(30-16-6-4-5-7-18-34-26(35)14-15-27(34)36)20-33-24(9-8-17-31-28(29)37)19-32-23-12-10-22(3)11-13-23/h10-15,21,24-25,30,32-33H,4-9,16-20H2,1-3H3,(H3,29,31,37)/t24-,25+/m1/s1. The van der Waals surface area contributed by atoms with Crippen molar-refractivity contribution in [3.63, 3.8) is 0 Å². The fraction of sp³-hybridized carbons (Fsp3) is 0.607. The Hall–Kier alpha value is -2.91. The zero-order chi connectivity index (χ0) is 27.0. The number of aryl methyl sites for hydroxylation is 1. The molecule has 9 heteroatoms. The first-order chi connectivity index (χ1) is 17.8. The first-order valence-electron chi connectivity index (χ1n) is 13.6. The lowest BCUT2D eigenvalue weighted by atomic mass is 10.0. The number of imide groups is 1. The summed E-state index contributed by atoms with van der Waals surface area (Å²) in [4.78, 5) is 35.5. The molecule has 4 amide bonds. The van der Waals surface area contributed by atoms with Crippen LogP contribution in [0.25, 0.3) is 0 Å². The van der Waals surface area contributed by atoms with E-state index < -0.39 is 6.03 Å². The van der Waals surface area contributed by atoms with Crippen LogP contribution in [0.4, 0.5) is 10.5 Å². The summed E-state index contributed by atoms with van der Waals surface area (Å²) in [5.41, 5.74) is 7.53. The van der Waals surface area contributed by atoms with Gasteiger partial charge in [0.15, 0.2) is 0 Å². The third-order valence-corrected chi connectivity index (χ3v) is 6.68. The highest BCUT2D eigenvalue weighted by molar-refractivity contribution is 6.12. The maximum Gasteiger partial charge on any atom is 0.312 e. The molecule has 1 heterocycles. The van der Waals surface area contributed by atoms with Gasteiger partial charge in [0.25, 0.3) is 11.8 Å². The van der Waals surface area contributed by atoms with Gasteiger partial charge in [-0.15, -0.1) is 0 Å². The minimum absolute atomic E-state index is 0.199. The lowest BCUT2D eigenvalue weighted by molar-refractivity contribution is -0.136. The van der Waals surface area contributed by atoms with Crippen LogP contribution >= 0.6 is 0 Å². The summed E-state index contributed by atoms with van der Waals surface area (Å²) in [6.07, 6.45) is 8.40. The lowest BCUT2D eigenvalue weighted by Gasteiger charge is -2.27. The Morgan fingerprint density at radius 1 is 0.892 bits per heavy atom. The van der Waals surface area contributed by atoms with Gasteiger partial charge < -0.3 is 27.0 Å². The summed E-state index contributed by atoms with van der Waals surface area (Å²) >= 11 is 0. The van der Waals surface area contributed by atoms with Crippen molar-refractivity contribution in [2.75, 3.05) is 38.0 Å². The zero-order valence-corrected chi connectivity index (χ0v) is 22.7. The molecule has 2 atom stereocenters. The molecule has 2 rings (SSSR count). The molecule has 206 valence electrons. The average Bonchev–Trinajstić information content (AvgIpc) is 3.18.